The summed E-state index contributed by atoms with van der Waals surface area (Å²) in [5, 5.41) is 10.1. The van der Waals surface area contributed by atoms with Crippen LogP contribution in [0.15, 0.2) is 35.1 Å². The van der Waals surface area contributed by atoms with Crippen LogP contribution in [0.4, 0.5) is 0 Å². The zero-order chi connectivity index (χ0) is 13.8. The number of amides is 1. The molecule has 1 saturated heterocycles. The second kappa shape index (κ2) is 5.83. The van der Waals surface area contributed by atoms with Crippen molar-refractivity contribution in [2.75, 3.05) is 13.1 Å². The molecule has 6 nitrogen and oxygen atoms in total. The summed E-state index contributed by atoms with van der Waals surface area (Å²) in [5.74, 6) is 0.377. The van der Waals surface area contributed by atoms with Gasteiger partial charge in [-0.2, -0.15) is 0 Å². The van der Waals surface area contributed by atoms with Crippen molar-refractivity contribution in [1.82, 2.24) is 20.8 Å². The minimum absolute atomic E-state index is 0.164. The SMILES string of the molecule is O=C(NC1CCCNC1)c1cc(-c2ccncc2)on1. The minimum Gasteiger partial charge on any atom is -0.355 e. The molecule has 0 aromatic carbocycles. The van der Waals surface area contributed by atoms with Crippen molar-refractivity contribution >= 4 is 5.91 Å². The monoisotopic (exact) mass is 272 g/mol. The molecule has 1 amide bonds. The highest BCUT2D eigenvalue weighted by Gasteiger charge is 2.19. The normalized spacial score (nSPS) is 18.7. The van der Waals surface area contributed by atoms with Crippen LogP contribution in [0.1, 0.15) is 23.3 Å². The molecule has 0 saturated carbocycles. The lowest BCUT2D eigenvalue weighted by atomic mass is 10.1. The van der Waals surface area contributed by atoms with Gasteiger partial charge in [0.2, 0.25) is 0 Å². The van der Waals surface area contributed by atoms with E-state index in [0.717, 1.165) is 31.5 Å². The van der Waals surface area contributed by atoms with Crippen molar-refractivity contribution < 1.29 is 9.32 Å². The highest BCUT2D eigenvalue weighted by Crippen LogP contribution is 2.19. The van der Waals surface area contributed by atoms with Crippen LogP contribution in [-0.2, 0) is 0 Å². The number of rotatable bonds is 3. The molecule has 0 aliphatic carbocycles. The third-order valence-electron chi connectivity index (χ3n) is 3.34. The highest BCUT2D eigenvalue weighted by atomic mass is 16.5. The number of nitrogens with zero attached hydrogens (tertiary/aromatic N) is 2. The average Bonchev–Trinajstić information content (AvgIpc) is 2.99. The van der Waals surface area contributed by atoms with Crippen LogP contribution in [0.3, 0.4) is 0 Å². The van der Waals surface area contributed by atoms with Crippen LogP contribution in [0.2, 0.25) is 0 Å². The molecule has 3 heterocycles. The Morgan fingerprint density at radius 1 is 1.40 bits per heavy atom. The predicted molar refractivity (Wildman–Crippen MR) is 73.1 cm³/mol. The molecule has 3 rings (SSSR count). The van der Waals surface area contributed by atoms with Crippen LogP contribution >= 0.6 is 0 Å². The Kier molecular flexibility index (Phi) is 3.73. The Bertz CT molecular complexity index is 576. The van der Waals surface area contributed by atoms with Gasteiger partial charge in [-0.25, -0.2) is 0 Å². The van der Waals surface area contributed by atoms with E-state index in [0.29, 0.717) is 11.5 Å². The summed E-state index contributed by atoms with van der Waals surface area (Å²) in [4.78, 5) is 16.0. The molecular weight excluding hydrogens is 256 g/mol. The average molecular weight is 272 g/mol. The van der Waals surface area contributed by atoms with Crippen LogP contribution in [0.25, 0.3) is 11.3 Å². The summed E-state index contributed by atoms with van der Waals surface area (Å²) < 4.78 is 5.21. The Labute approximate surface area is 116 Å². The van der Waals surface area contributed by atoms with Gasteiger partial charge in [0.15, 0.2) is 11.5 Å². The summed E-state index contributed by atoms with van der Waals surface area (Å²) in [7, 11) is 0. The van der Waals surface area contributed by atoms with E-state index in [1.165, 1.54) is 0 Å². The third-order valence-corrected chi connectivity index (χ3v) is 3.34. The first-order valence-electron chi connectivity index (χ1n) is 6.71. The topological polar surface area (TPSA) is 80.0 Å². The second-order valence-corrected chi connectivity index (χ2v) is 4.83. The molecule has 1 aliphatic rings. The molecule has 2 aromatic rings. The fraction of sp³-hybridized carbons (Fsp3) is 0.357. The van der Waals surface area contributed by atoms with Crippen molar-refractivity contribution in [3.05, 3.63) is 36.3 Å². The first-order chi connectivity index (χ1) is 9.83. The van der Waals surface area contributed by atoms with Crippen molar-refractivity contribution in [3.63, 3.8) is 0 Å². The predicted octanol–water partition coefficient (Wildman–Crippen LogP) is 1.22. The lowest BCUT2D eigenvalue weighted by Crippen LogP contribution is -2.45. The lowest BCUT2D eigenvalue weighted by Gasteiger charge is -2.23. The molecule has 1 aliphatic heterocycles. The van der Waals surface area contributed by atoms with E-state index in [2.05, 4.69) is 20.8 Å². The molecule has 0 radical (unpaired) electrons. The molecule has 1 atom stereocenters. The molecule has 1 fully saturated rings. The van der Waals surface area contributed by atoms with Gasteiger partial charge in [-0.3, -0.25) is 9.78 Å². The van der Waals surface area contributed by atoms with Crippen LogP contribution < -0.4 is 10.6 Å². The zero-order valence-electron chi connectivity index (χ0n) is 11.0. The van der Waals surface area contributed by atoms with Crippen molar-refractivity contribution in [3.8, 4) is 11.3 Å². The fourth-order valence-corrected chi connectivity index (χ4v) is 2.27. The number of pyridine rings is 1. The summed E-state index contributed by atoms with van der Waals surface area (Å²) in [5.41, 5.74) is 1.16. The second-order valence-electron chi connectivity index (χ2n) is 4.83. The Hall–Kier alpha value is -2.21. The van der Waals surface area contributed by atoms with Crippen molar-refractivity contribution in [2.24, 2.45) is 0 Å². The highest BCUT2D eigenvalue weighted by molar-refractivity contribution is 5.93. The summed E-state index contributed by atoms with van der Waals surface area (Å²) >= 11 is 0. The van der Waals surface area contributed by atoms with E-state index >= 15 is 0 Å². The Morgan fingerprint density at radius 3 is 3.00 bits per heavy atom. The van der Waals surface area contributed by atoms with Gasteiger partial charge >= 0.3 is 0 Å². The molecule has 2 N–H and O–H groups in total. The molecule has 1 unspecified atom stereocenters. The number of carbonyl (C=O) groups is 1. The maximum absolute atomic E-state index is 12.1. The maximum atomic E-state index is 12.1. The van der Waals surface area contributed by atoms with E-state index in [1.54, 1.807) is 18.5 Å². The molecule has 104 valence electrons. The number of hydrogen-bond donors (Lipinski definition) is 2. The lowest BCUT2D eigenvalue weighted by molar-refractivity contribution is 0.0921. The molecule has 20 heavy (non-hydrogen) atoms. The number of hydrogen-bond acceptors (Lipinski definition) is 5. The summed E-state index contributed by atoms with van der Waals surface area (Å²) in [6.07, 6.45) is 5.41. The van der Waals surface area contributed by atoms with E-state index in [9.17, 15) is 4.79 Å². The van der Waals surface area contributed by atoms with Crippen LogP contribution in [0.5, 0.6) is 0 Å². The van der Waals surface area contributed by atoms with Crippen LogP contribution in [-0.4, -0.2) is 35.2 Å². The van der Waals surface area contributed by atoms with Gasteiger partial charge in [-0.1, -0.05) is 5.16 Å². The number of piperidine rings is 1. The molecule has 6 heteroatoms. The standard InChI is InChI=1S/C14H16N4O2/c19-14(17-11-2-1-5-16-9-11)12-8-13(20-18-12)10-3-6-15-7-4-10/h3-4,6-8,11,16H,1-2,5,9H2,(H,17,19). The maximum Gasteiger partial charge on any atom is 0.273 e. The molecule has 0 bridgehead atoms. The smallest absolute Gasteiger partial charge is 0.273 e. The fourth-order valence-electron chi connectivity index (χ4n) is 2.27. The van der Waals surface area contributed by atoms with E-state index in [-0.39, 0.29) is 11.9 Å². The van der Waals surface area contributed by atoms with Gasteiger partial charge in [0.05, 0.1) is 0 Å². The van der Waals surface area contributed by atoms with E-state index in [1.807, 2.05) is 12.1 Å². The van der Waals surface area contributed by atoms with E-state index in [4.69, 9.17) is 4.52 Å². The van der Waals surface area contributed by atoms with Gasteiger partial charge in [0, 0.05) is 36.6 Å². The van der Waals surface area contributed by atoms with Crippen molar-refractivity contribution in [2.45, 2.75) is 18.9 Å². The number of nitrogens with one attached hydrogen (secondary N) is 2. The largest absolute Gasteiger partial charge is 0.355 e. The Morgan fingerprint density at radius 2 is 2.25 bits per heavy atom. The molecule has 0 spiro atoms. The van der Waals surface area contributed by atoms with Gasteiger partial charge in [-0.05, 0) is 31.5 Å². The van der Waals surface area contributed by atoms with Gasteiger partial charge < -0.3 is 15.2 Å². The molecule has 2 aromatic heterocycles. The van der Waals surface area contributed by atoms with Crippen LogP contribution in [0, 0.1) is 0 Å². The van der Waals surface area contributed by atoms with Gasteiger partial charge in [0.1, 0.15) is 0 Å². The van der Waals surface area contributed by atoms with Gasteiger partial charge in [-0.15, -0.1) is 0 Å². The minimum atomic E-state index is -0.192. The van der Waals surface area contributed by atoms with Crippen molar-refractivity contribution in [1.29, 1.82) is 0 Å². The third kappa shape index (κ3) is 2.85. The molecular formula is C14H16N4O2. The quantitative estimate of drug-likeness (QED) is 0.878. The Balaban J connectivity index is 1.68. The first-order valence-corrected chi connectivity index (χ1v) is 6.71. The number of aromatic nitrogens is 2. The van der Waals surface area contributed by atoms with Gasteiger partial charge in [0.25, 0.3) is 5.91 Å². The first kappa shape index (κ1) is 12.8. The van der Waals surface area contributed by atoms with E-state index < -0.39 is 0 Å². The zero-order valence-corrected chi connectivity index (χ0v) is 11.0. The summed E-state index contributed by atoms with van der Waals surface area (Å²) in [6.45, 7) is 1.82. The summed E-state index contributed by atoms with van der Waals surface area (Å²) in [6, 6.07) is 5.44. The number of carbonyl (C=O) groups excluding carboxylic acids is 1.